The first-order valence-electron chi connectivity index (χ1n) is 9.48. The molecule has 0 saturated carbocycles. The summed E-state index contributed by atoms with van der Waals surface area (Å²) in [5.41, 5.74) is 2.03. The van der Waals surface area contributed by atoms with Crippen molar-refractivity contribution in [2.24, 2.45) is 0 Å². The zero-order valence-electron chi connectivity index (χ0n) is 16.5. The van der Waals surface area contributed by atoms with Gasteiger partial charge in [0.1, 0.15) is 23.7 Å². The summed E-state index contributed by atoms with van der Waals surface area (Å²) in [7, 11) is 0. The highest BCUT2D eigenvalue weighted by Crippen LogP contribution is 2.41. The summed E-state index contributed by atoms with van der Waals surface area (Å²) in [6, 6.07) is 15.0. The van der Waals surface area contributed by atoms with E-state index in [4.69, 9.17) is 4.74 Å². The van der Waals surface area contributed by atoms with Crippen molar-refractivity contribution in [3.63, 3.8) is 0 Å². The molecule has 2 aromatic rings. The summed E-state index contributed by atoms with van der Waals surface area (Å²) in [5.74, 6) is -0.0657. The zero-order valence-corrected chi connectivity index (χ0v) is 18.2. The number of fused-ring (bicyclic) bond motifs is 1. The molecule has 1 saturated heterocycles. The molecule has 31 heavy (non-hydrogen) atoms. The Morgan fingerprint density at radius 3 is 2.65 bits per heavy atom. The van der Waals surface area contributed by atoms with Crippen LogP contribution in [0.3, 0.4) is 0 Å². The Morgan fingerprint density at radius 2 is 1.97 bits per heavy atom. The Labute approximate surface area is 187 Å². The number of rotatable bonds is 7. The summed E-state index contributed by atoms with van der Waals surface area (Å²) in [6.45, 7) is 1.98. The van der Waals surface area contributed by atoms with E-state index < -0.39 is 16.9 Å². The molecule has 1 fully saturated rings. The van der Waals surface area contributed by atoms with E-state index in [-0.39, 0.29) is 23.6 Å². The van der Waals surface area contributed by atoms with Crippen LogP contribution < -0.4 is 4.72 Å². The number of hydrogen-bond acceptors (Lipinski definition) is 8. The lowest BCUT2D eigenvalue weighted by Crippen LogP contribution is -2.68. The minimum Gasteiger partial charge on any atom is -0.456 e. The number of non-ortho nitro benzene ring substituents is 1. The third kappa shape index (κ3) is 4.46. The second kappa shape index (κ2) is 9.13. The lowest BCUT2D eigenvalue weighted by molar-refractivity contribution is -0.384. The van der Waals surface area contributed by atoms with Crippen molar-refractivity contribution in [1.82, 2.24) is 9.62 Å². The van der Waals surface area contributed by atoms with Gasteiger partial charge in [-0.1, -0.05) is 30.3 Å². The predicted molar refractivity (Wildman–Crippen MR) is 118 cm³/mol. The van der Waals surface area contributed by atoms with Crippen molar-refractivity contribution < 1.29 is 19.2 Å². The van der Waals surface area contributed by atoms with E-state index in [0.717, 1.165) is 16.0 Å². The number of carbonyl (C=O) groups excluding carboxylic acids is 2. The molecule has 160 valence electrons. The number of ether oxygens (including phenoxy) is 1. The van der Waals surface area contributed by atoms with Gasteiger partial charge in [-0.2, -0.15) is 0 Å². The van der Waals surface area contributed by atoms with Crippen LogP contribution in [0, 0.1) is 10.1 Å². The number of nitro benzene ring substituents is 1. The van der Waals surface area contributed by atoms with Gasteiger partial charge in [0.05, 0.1) is 4.92 Å². The first-order chi connectivity index (χ1) is 15.0. The average Bonchev–Trinajstić information content (AvgIpc) is 2.78. The number of β-lactam (4-membered cyclic amide) rings is 1. The summed E-state index contributed by atoms with van der Waals surface area (Å²) in [6.07, 6.45) is 0. The minimum absolute atomic E-state index is 0.0114. The molecular formula is C21H19N3O5S2. The minimum atomic E-state index is -0.499. The van der Waals surface area contributed by atoms with Crippen LogP contribution in [0.25, 0.3) is 0 Å². The first kappa shape index (κ1) is 21.4. The number of benzene rings is 2. The molecule has 0 aromatic heterocycles. The van der Waals surface area contributed by atoms with Crippen LogP contribution in [0.1, 0.15) is 12.5 Å². The average molecular weight is 458 g/mol. The van der Waals surface area contributed by atoms with Crippen LogP contribution in [-0.2, 0) is 20.9 Å². The highest BCUT2D eigenvalue weighted by Gasteiger charge is 2.53. The number of nitrogens with one attached hydrogen (secondary N) is 1. The van der Waals surface area contributed by atoms with E-state index in [2.05, 4.69) is 4.72 Å². The lowest BCUT2D eigenvalue weighted by atomic mass is 10.0. The van der Waals surface area contributed by atoms with E-state index in [9.17, 15) is 19.7 Å². The maximum atomic E-state index is 12.8. The van der Waals surface area contributed by atoms with Crippen LogP contribution in [0.2, 0.25) is 0 Å². The quantitative estimate of drug-likeness (QED) is 0.222. The maximum Gasteiger partial charge on any atom is 0.355 e. The Kier molecular flexibility index (Phi) is 6.30. The smallest absolute Gasteiger partial charge is 0.355 e. The maximum absolute atomic E-state index is 12.8. The van der Waals surface area contributed by atoms with Crippen LogP contribution in [0.4, 0.5) is 5.69 Å². The number of hydrogen-bond donors (Lipinski definition) is 1. The van der Waals surface area contributed by atoms with Crippen LogP contribution >= 0.6 is 23.7 Å². The SMILES string of the molecule is CC1=C(C(=O)OCc2ccccc2)N2C(=O)[C@H](NSc3ccc([N+](=O)[O-])cc3)[C@@H]2SC1. The van der Waals surface area contributed by atoms with Crippen molar-refractivity contribution in [3.05, 3.63) is 81.5 Å². The van der Waals surface area contributed by atoms with E-state index in [1.165, 1.54) is 29.0 Å². The molecule has 10 heteroatoms. The highest BCUT2D eigenvalue weighted by atomic mass is 32.2. The van der Waals surface area contributed by atoms with Gasteiger partial charge in [0.15, 0.2) is 0 Å². The van der Waals surface area contributed by atoms with Crippen LogP contribution in [0.15, 0.2) is 70.8 Å². The fourth-order valence-electron chi connectivity index (χ4n) is 3.30. The van der Waals surface area contributed by atoms with Gasteiger partial charge in [0, 0.05) is 22.8 Å². The molecule has 2 aliphatic heterocycles. The molecule has 2 heterocycles. The molecule has 2 aliphatic rings. The highest BCUT2D eigenvalue weighted by molar-refractivity contribution is 8.00. The van der Waals surface area contributed by atoms with Gasteiger partial charge in [0.25, 0.3) is 5.69 Å². The van der Waals surface area contributed by atoms with E-state index in [1.54, 1.807) is 23.9 Å². The predicted octanol–water partition coefficient (Wildman–Crippen LogP) is 3.49. The number of esters is 1. The first-order valence-corrected chi connectivity index (χ1v) is 11.3. The number of carbonyl (C=O) groups is 2. The molecule has 1 amide bonds. The summed E-state index contributed by atoms with van der Waals surface area (Å²) < 4.78 is 8.58. The number of nitro groups is 1. The number of thioether (sulfide) groups is 1. The van der Waals surface area contributed by atoms with E-state index in [0.29, 0.717) is 11.4 Å². The molecule has 2 aromatic carbocycles. The second-order valence-corrected chi connectivity index (χ2v) is 9.07. The molecule has 8 nitrogen and oxygen atoms in total. The molecule has 0 unspecified atom stereocenters. The number of amides is 1. The Morgan fingerprint density at radius 1 is 1.26 bits per heavy atom. The van der Waals surface area contributed by atoms with Crippen molar-refractivity contribution >= 4 is 41.3 Å². The molecule has 0 radical (unpaired) electrons. The largest absolute Gasteiger partial charge is 0.456 e. The van der Waals surface area contributed by atoms with Crippen LogP contribution in [0.5, 0.6) is 0 Å². The molecule has 4 rings (SSSR count). The van der Waals surface area contributed by atoms with Crippen molar-refractivity contribution in [2.45, 2.75) is 29.8 Å². The molecule has 0 spiro atoms. The van der Waals surface area contributed by atoms with E-state index in [1.807, 2.05) is 37.3 Å². The van der Waals surface area contributed by atoms with Crippen molar-refractivity contribution in [2.75, 3.05) is 5.75 Å². The molecular weight excluding hydrogens is 438 g/mol. The Hall–Kier alpha value is -2.82. The lowest BCUT2D eigenvalue weighted by Gasteiger charge is -2.49. The van der Waals surface area contributed by atoms with Crippen LogP contribution in [-0.4, -0.2) is 38.9 Å². The van der Waals surface area contributed by atoms with Crippen molar-refractivity contribution in [3.8, 4) is 0 Å². The molecule has 0 bridgehead atoms. The second-order valence-electron chi connectivity index (χ2n) is 7.05. The number of nitrogens with zero attached hydrogens (tertiary/aromatic N) is 2. The zero-order chi connectivity index (χ0) is 22.0. The van der Waals surface area contributed by atoms with Gasteiger partial charge in [-0.3, -0.25) is 19.8 Å². The molecule has 0 aliphatic carbocycles. The molecule has 1 N–H and O–H groups in total. The normalized spacial score (nSPS) is 20.2. The van der Waals surface area contributed by atoms with Gasteiger partial charge < -0.3 is 4.74 Å². The van der Waals surface area contributed by atoms with Gasteiger partial charge in [0.2, 0.25) is 5.91 Å². The van der Waals surface area contributed by atoms with Crippen molar-refractivity contribution in [1.29, 1.82) is 0 Å². The van der Waals surface area contributed by atoms with Gasteiger partial charge in [-0.25, -0.2) is 9.52 Å². The monoisotopic (exact) mass is 457 g/mol. The Balaban J connectivity index is 1.38. The standard InChI is InChI=1S/C21H19N3O5S2/c1-13-12-30-20-17(22-31-16-9-7-15(8-10-16)24(27)28)19(25)23(20)18(13)21(26)29-11-14-5-3-2-4-6-14/h2-10,17,20,22H,11-12H2,1H3/t17-,20-/m0/s1. The van der Waals surface area contributed by atoms with Gasteiger partial charge >= 0.3 is 5.97 Å². The van der Waals surface area contributed by atoms with Gasteiger partial charge in [-0.05, 0) is 42.1 Å². The third-order valence-corrected chi connectivity index (χ3v) is 7.22. The summed E-state index contributed by atoms with van der Waals surface area (Å²) >= 11 is 2.82. The summed E-state index contributed by atoms with van der Waals surface area (Å²) in [5, 5.41) is 10.6. The topological polar surface area (TPSA) is 102 Å². The fraction of sp³-hybridized carbons (Fsp3) is 0.238. The summed E-state index contributed by atoms with van der Waals surface area (Å²) in [4.78, 5) is 38.1. The molecule has 2 atom stereocenters. The third-order valence-electron chi connectivity index (χ3n) is 4.92. The van der Waals surface area contributed by atoms with E-state index >= 15 is 0 Å². The van der Waals surface area contributed by atoms with Gasteiger partial charge in [-0.15, -0.1) is 11.8 Å². The fourth-order valence-corrected chi connectivity index (χ4v) is 5.44. The Bertz CT molecular complexity index is 1040.